The molecule has 1 aromatic heterocycles. The minimum atomic E-state index is -0.108. The van der Waals surface area contributed by atoms with Gasteiger partial charge in [0.1, 0.15) is 18.2 Å². The maximum atomic E-state index is 11.1. The molecule has 0 unspecified atom stereocenters. The van der Waals surface area contributed by atoms with E-state index in [1.54, 1.807) is 27.3 Å². The molecule has 0 saturated heterocycles. The molecule has 0 fully saturated rings. The Kier molecular flexibility index (Phi) is 5.15. The number of ether oxygens (including phenoxy) is 1. The number of nitrogens with one attached hydrogen (secondary N) is 3. The van der Waals surface area contributed by atoms with Gasteiger partial charge in [-0.2, -0.15) is 0 Å². The van der Waals surface area contributed by atoms with Crippen LogP contribution in [0.1, 0.15) is 5.82 Å². The molecule has 1 aromatic rings. The average molecular weight is 239 g/mol. The number of nitrogens with zero attached hydrogens (tertiary/aromatic N) is 2. The third-order valence-corrected chi connectivity index (χ3v) is 2.01. The predicted molar refractivity (Wildman–Crippen MR) is 64.8 cm³/mol. The summed E-state index contributed by atoms with van der Waals surface area (Å²) in [5.41, 5.74) is 0. The van der Waals surface area contributed by atoms with Crippen molar-refractivity contribution in [3.05, 3.63) is 11.9 Å². The molecule has 7 nitrogen and oxygen atoms in total. The van der Waals surface area contributed by atoms with Crippen LogP contribution >= 0.6 is 0 Å². The molecule has 0 aliphatic heterocycles. The summed E-state index contributed by atoms with van der Waals surface area (Å²) in [7, 11) is 4.92. The minimum absolute atomic E-state index is 0.108. The summed E-state index contributed by atoms with van der Waals surface area (Å²) in [6, 6.07) is 1.72. The van der Waals surface area contributed by atoms with Crippen LogP contribution in [0, 0.1) is 0 Å². The Morgan fingerprint density at radius 1 is 1.35 bits per heavy atom. The molecule has 0 aliphatic carbocycles. The number of anilines is 2. The molecular weight excluding hydrogens is 222 g/mol. The Labute approximate surface area is 100.0 Å². The summed E-state index contributed by atoms with van der Waals surface area (Å²) in [5.74, 6) is 1.70. The molecule has 1 amide bonds. The Morgan fingerprint density at radius 3 is 2.65 bits per heavy atom. The number of likely N-dealkylation sites (N-methyl/N-ethyl adjacent to an activating group) is 1. The van der Waals surface area contributed by atoms with Gasteiger partial charge >= 0.3 is 0 Å². The van der Waals surface area contributed by atoms with Crippen molar-refractivity contribution in [2.45, 2.75) is 6.61 Å². The first-order valence-electron chi connectivity index (χ1n) is 5.18. The van der Waals surface area contributed by atoms with Crippen molar-refractivity contribution in [2.24, 2.45) is 0 Å². The van der Waals surface area contributed by atoms with Crippen molar-refractivity contribution in [3.63, 3.8) is 0 Å². The van der Waals surface area contributed by atoms with E-state index in [1.165, 1.54) is 0 Å². The molecule has 94 valence electrons. The Balaban J connectivity index is 2.75. The standard InChI is InChI=1S/C10H17N5O2/c1-11-7-4-8(13-5-10(16)12-2)15-9(14-7)6-17-3/h4H,5-6H2,1-3H3,(H,12,16)(H2,11,13,14,15). The lowest BCUT2D eigenvalue weighted by Gasteiger charge is -2.08. The monoisotopic (exact) mass is 239 g/mol. The van der Waals surface area contributed by atoms with E-state index in [4.69, 9.17) is 4.74 Å². The minimum Gasteiger partial charge on any atom is -0.377 e. The summed E-state index contributed by atoms with van der Waals surface area (Å²) < 4.78 is 4.97. The van der Waals surface area contributed by atoms with Gasteiger partial charge in [0.25, 0.3) is 0 Å². The van der Waals surface area contributed by atoms with E-state index in [9.17, 15) is 4.79 Å². The molecule has 0 bridgehead atoms. The van der Waals surface area contributed by atoms with Crippen molar-refractivity contribution in [1.29, 1.82) is 0 Å². The van der Waals surface area contributed by atoms with Gasteiger partial charge in [0, 0.05) is 27.3 Å². The number of hydrogen-bond acceptors (Lipinski definition) is 6. The van der Waals surface area contributed by atoms with Crippen LogP contribution in [0.4, 0.5) is 11.6 Å². The lowest BCUT2D eigenvalue weighted by atomic mass is 10.4. The largest absolute Gasteiger partial charge is 0.377 e. The van der Waals surface area contributed by atoms with E-state index in [0.717, 1.165) is 0 Å². The predicted octanol–water partition coefficient (Wildman–Crippen LogP) is -0.177. The fraction of sp³-hybridized carbons (Fsp3) is 0.500. The van der Waals surface area contributed by atoms with Gasteiger partial charge in [-0.05, 0) is 0 Å². The van der Waals surface area contributed by atoms with Gasteiger partial charge in [-0.1, -0.05) is 0 Å². The summed E-state index contributed by atoms with van der Waals surface area (Å²) in [6.07, 6.45) is 0. The van der Waals surface area contributed by atoms with Crippen LogP contribution in [-0.2, 0) is 16.1 Å². The number of hydrogen-bond donors (Lipinski definition) is 3. The highest BCUT2D eigenvalue weighted by atomic mass is 16.5. The van der Waals surface area contributed by atoms with Crippen molar-refractivity contribution < 1.29 is 9.53 Å². The number of carbonyl (C=O) groups is 1. The molecule has 0 radical (unpaired) electrons. The van der Waals surface area contributed by atoms with Crippen LogP contribution in [-0.4, -0.2) is 43.6 Å². The van der Waals surface area contributed by atoms with E-state index < -0.39 is 0 Å². The highest BCUT2D eigenvalue weighted by molar-refractivity contribution is 5.80. The summed E-state index contributed by atoms with van der Waals surface area (Å²) >= 11 is 0. The molecule has 1 heterocycles. The van der Waals surface area contributed by atoms with Crippen molar-refractivity contribution in [2.75, 3.05) is 38.4 Å². The zero-order valence-electron chi connectivity index (χ0n) is 10.2. The first-order chi connectivity index (χ1) is 8.19. The summed E-state index contributed by atoms with van der Waals surface area (Å²) in [5, 5.41) is 8.35. The van der Waals surface area contributed by atoms with Gasteiger partial charge in [-0.15, -0.1) is 0 Å². The van der Waals surface area contributed by atoms with Crippen LogP contribution < -0.4 is 16.0 Å². The molecule has 17 heavy (non-hydrogen) atoms. The molecule has 0 atom stereocenters. The Morgan fingerprint density at radius 2 is 2.06 bits per heavy atom. The Hall–Kier alpha value is -1.89. The molecule has 3 N–H and O–H groups in total. The zero-order chi connectivity index (χ0) is 12.7. The third-order valence-electron chi connectivity index (χ3n) is 2.01. The van der Waals surface area contributed by atoms with Gasteiger partial charge in [-0.3, -0.25) is 4.79 Å². The second kappa shape index (κ2) is 6.64. The van der Waals surface area contributed by atoms with E-state index in [0.29, 0.717) is 24.1 Å². The molecule has 0 aliphatic rings. The molecule has 0 spiro atoms. The van der Waals surface area contributed by atoms with Gasteiger partial charge in [-0.25, -0.2) is 9.97 Å². The normalized spacial score (nSPS) is 9.82. The number of carbonyl (C=O) groups excluding carboxylic acids is 1. The van der Waals surface area contributed by atoms with Gasteiger partial charge in [0.05, 0.1) is 6.54 Å². The lowest BCUT2D eigenvalue weighted by Crippen LogP contribution is -2.26. The molecule has 0 saturated carbocycles. The third kappa shape index (κ3) is 4.23. The summed E-state index contributed by atoms with van der Waals surface area (Å²) in [6.45, 7) is 0.493. The Bertz CT molecular complexity index is 383. The maximum absolute atomic E-state index is 11.1. The van der Waals surface area contributed by atoms with E-state index in [1.807, 2.05) is 0 Å². The average Bonchev–Trinajstić information content (AvgIpc) is 2.36. The smallest absolute Gasteiger partial charge is 0.239 e. The SMILES string of the molecule is CNC(=O)CNc1cc(NC)nc(COC)n1. The molecular formula is C10H17N5O2. The van der Waals surface area contributed by atoms with Crippen molar-refractivity contribution in [3.8, 4) is 0 Å². The molecule has 7 heteroatoms. The fourth-order valence-electron chi connectivity index (χ4n) is 1.17. The van der Waals surface area contributed by atoms with Crippen LogP contribution in [0.2, 0.25) is 0 Å². The van der Waals surface area contributed by atoms with Crippen LogP contribution in [0.5, 0.6) is 0 Å². The highest BCUT2D eigenvalue weighted by Crippen LogP contribution is 2.10. The van der Waals surface area contributed by atoms with Crippen LogP contribution in [0.15, 0.2) is 6.07 Å². The second-order valence-electron chi connectivity index (χ2n) is 3.26. The zero-order valence-corrected chi connectivity index (χ0v) is 10.2. The van der Waals surface area contributed by atoms with Crippen molar-refractivity contribution in [1.82, 2.24) is 15.3 Å². The number of aromatic nitrogens is 2. The number of rotatable bonds is 6. The highest BCUT2D eigenvalue weighted by Gasteiger charge is 2.04. The van der Waals surface area contributed by atoms with E-state index >= 15 is 0 Å². The van der Waals surface area contributed by atoms with Gasteiger partial charge in [0.15, 0.2) is 5.82 Å². The number of methoxy groups -OCH3 is 1. The number of amides is 1. The van der Waals surface area contributed by atoms with Gasteiger partial charge in [0.2, 0.25) is 5.91 Å². The first-order valence-corrected chi connectivity index (χ1v) is 5.18. The topological polar surface area (TPSA) is 88.2 Å². The molecule has 0 aromatic carbocycles. The van der Waals surface area contributed by atoms with Crippen molar-refractivity contribution >= 4 is 17.5 Å². The second-order valence-corrected chi connectivity index (χ2v) is 3.26. The molecule has 1 rings (SSSR count). The lowest BCUT2D eigenvalue weighted by molar-refractivity contribution is -0.118. The maximum Gasteiger partial charge on any atom is 0.239 e. The van der Waals surface area contributed by atoms with Gasteiger partial charge < -0.3 is 20.7 Å². The quantitative estimate of drug-likeness (QED) is 0.638. The first kappa shape index (κ1) is 13.2. The van der Waals surface area contributed by atoms with Crippen LogP contribution in [0.3, 0.4) is 0 Å². The van der Waals surface area contributed by atoms with E-state index in [2.05, 4.69) is 25.9 Å². The summed E-state index contributed by atoms with van der Waals surface area (Å²) in [4.78, 5) is 19.5. The van der Waals surface area contributed by atoms with E-state index in [-0.39, 0.29) is 12.5 Å². The fourth-order valence-corrected chi connectivity index (χ4v) is 1.17. The van der Waals surface area contributed by atoms with Crippen LogP contribution in [0.25, 0.3) is 0 Å².